The van der Waals surface area contributed by atoms with Gasteiger partial charge < -0.3 is 11.1 Å². The molecule has 1 aromatic rings. The first-order valence-electron chi connectivity index (χ1n) is 7.49. The zero-order chi connectivity index (χ0) is 15.5. The third-order valence-corrected chi connectivity index (χ3v) is 5.00. The average molecular weight is 343 g/mol. The molecule has 3 N–H and O–H groups in total. The number of hydrogen-bond acceptors (Lipinski definition) is 4. The van der Waals surface area contributed by atoms with E-state index in [4.69, 9.17) is 18.0 Å². The summed E-state index contributed by atoms with van der Waals surface area (Å²) in [6.45, 7) is 3.12. The molecule has 0 aliphatic heterocycles. The maximum Gasteiger partial charge on any atom is 0.107 e. The number of unbranched alkanes of at least 4 members (excludes halogenated alkanes) is 3. The molecule has 0 aliphatic rings. The van der Waals surface area contributed by atoms with Crippen LogP contribution in [0.1, 0.15) is 38.2 Å². The van der Waals surface area contributed by atoms with Crippen LogP contribution < -0.4 is 11.1 Å². The standard InChI is InChI=1S/C16H26N2S3/c1-3-21-14-10-8-9-13(15(14)16(17)19)18-11-6-4-5-7-12-20-2/h8-10,18H,3-7,11-12H2,1-2H3,(H2,17,19). The molecule has 5 heteroatoms. The first-order valence-corrected chi connectivity index (χ1v) is 10.3. The van der Waals surface area contributed by atoms with Gasteiger partial charge in [0.05, 0.1) is 0 Å². The first kappa shape index (κ1) is 18.7. The fraction of sp³-hybridized carbons (Fsp3) is 0.562. The van der Waals surface area contributed by atoms with E-state index in [9.17, 15) is 0 Å². The number of thioether (sulfide) groups is 2. The number of nitrogens with two attached hydrogens (primary N) is 1. The summed E-state index contributed by atoms with van der Waals surface area (Å²) >= 11 is 8.94. The van der Waals surface area contributed by atoms with Crippen molar-refractivity contribution in [2.24, 2.45) is 5.73 Å². The van der Waals surface area contributed by atoms with Crippen LogP contribution in [-0.4, -0.2) is 29.3 Å². The fourth-order valence-corrected chi connectivity index (χ4v) is 3.78. The van der Waals surface area contributed by atoms with Gasteiger partial charge in [-0.1, -0.05) is 38.0 Å². The van der Waals surface area contributed by atoms with Crippen molar-refractivity contribution in [3.63, 3.8) is 0 Å². The number of anilines is 1. The van der Waals surface area contributed by atoms with Crippen LogP contribution in [0, 0.1) is 0 Å². The van der Waals surface area contributed by atoms with Gasteiger partial charge in [0.1, 0.15) is 4.99 Å². The summed E-state index contributed by atoms with van der Waals surface area (Å²) in [5.41, 5.74) is 7.98. The molecule has 1 aromatic carbocycles. The highest BCUT2D eigenvalue weighted by Gasteiger charge is 2.10. The van der Waals surface area contributed by atoms with Crippen LogP contribution in [0.25, 0.3) is 0 Å². The van der Waals surface area contributed by atoms with Crippen LogP contribution in [0.15, 0.2) is 23.1 Å². The number of benzene rings is 1. The van der Waals surface area contributed by atoms with Crippen LogP contribution >= 0.6 is 35.7 Å². The Bertz CT molecular complexity index is 436. The van der Waals surface area contributed by atoms with Gasteiger partial charge >= 0.3 is 0 Å². The van der Waals surface area contributed by atoms with E-state index in [1.54, 1.807) is 11.8 Å². The Hall–Kier alpha value is -0.390. The van der Waals surface area contributed by atoms with Crippen molar-refractivity contribution in [1.82, 2.24) is 0 Å². The number of thiocarbonyl (C=S) groups is 1. The van der Waals surface area contributed by atoms with E-state index < -0.39 is 0 Å². The Morgan fingerprint density at radius 2 is 2.00 bits per heavy atom. The molecule has 0 amide bonds. The van der Waals surface area contributed by atoms with Crippen molar-refractivity contribution in [2.75, 3.05) is 29.6 Å². The van der Waals surface area contributed by atoms with Crippen molar-refractivity contribution >= 4 is 46.4 Å². The molecular formula is C16H26N2S3. The molecule has 0 fully saturated rings. The molecule has 0 saturated carbocycles. The lowest BCUT2D eigenvalue weighted by Gasteiger charge is -2.14. The van der Waals surface area contributed by atoms with Crippen LogP contribution in [0.5, 0.6) is 0 Å². The van der Waals surface area contributed by atoms with Gasteiger partial charge in [0.15, 0.2) is 0 Å². The van der Waals surface area contributed by atoms with Crippen molar-refractivity contribution in [3.8, 4) is 0 Å². The predicted octanol–water partition coefficient (Wildman–Crippen LogP) is 4.77. The van der Waals surface area contributed by atoms with Gasteiger partial charge in [0, 0.05) is 22.7 Å². The van der Waals surface area contributed by atoms with Crippen LogP contribution in [-0.2, 0) is 0 Å². The molecular weight excluding hydrogens is 316 g/mol. The van der Waals surface area contributed by atoms with E-state index in [1.165, 1.54) is 36.3 Å². The van der Waals surface area contributed by atoms with E-state index in [1.807, 2.05) is 11.8 Å². The first-order chi connectivity index (χ1) is 10.2. The minimum Gasteiger partial charge on any atom is -0.389 e. The highest BCUT2D eigenvalue weighted by molar-refractivity contribution is 7.99. The number of rotatable bonds is 11. The quantitative estimate of drug-likeness (QED) is 0.344. The van der Waals surface area contributed by atoms with Gasteiger partial charge in [-0.15, -0.1) is 11.8 Å². The lowest BCUT2D eigenvalue weighted by atomic mass is 10.1. The number of hydrogen-bond donors (Lipinski definition) is 2. The summed E-state index contributed by atoms with van der Waals surface area (Å²) in [5, 5.41) is 3.50. The molecule has 0 aromatic heterocycles. The maximum atomic E-state index is 5.91. The van der Waals surface area contributed by atoms with Gasteiger partial charge in [0.25, 0.3) is 0 Å². The number of nitrogens with one attached hydrogen (secondary N) is 1. The molecule has 2 nitrogen and oxygen atoms in total. The molecule has 0 atom stereocenters. The van der Waals surface area contributed by atoms with Crippen LogP contribution in [0.4, 0.5) is 5.69 Å². The average Bonchev–Trinajstić information content (AvgIpc) is 2.46. The van der Waals surface area contributed by atoms with Gasteiger partial charge in [-0.25, -0.2) is 0 Å². The Balaban J connectivity index is 2.50. The molecule has 0 aliphatic carbocycles. The van der Waals surface area contributed by atoms with Gasteiger partial charge in [-0.3, -0.25) is 0 Å². The summed E-state index contributed by atoms with van der Waals surface area (Å²) in [5.74, 6) is 2.30. The summed E-state index contributed by atoms with van der Waals surface area (Å²) in [6.07, 6.45) is 7.27. The second kappa shape index (κ2) is 11.2. The van der Waals surface area contributed by atoms with E-state index in [2.05, 4.69) is 36.7 Å². The summed E-state index contributed by atoms with van der Waals surface area (Å²) in [6, 6.07) is 6.23. The predicted molar refractivity (Wildman–Crippen MR) is 104 cm³/mol. The molecule has 0 saturated heterocycles. The van der Waals surface area contributed by atoms with Crippen molar-refractivity contribution in [3.05, 3.63) is 23.8 Å². The third kappa shape index (κ3) is 6.94. The van der Waals surface area contributed by atoms with E-state index in [-0.39, 0.29) is 0 Å². The van der Waals surface area contributed by atoms with Gasteiger partial charge in [-0.05, 0) is 42.7 Å². The molecule has 118 valence electrons. The highest BCUT2D eigenvalue weighted by atomic mass is 32.2. The van der Waals surface area contributed by atoms with Gasteiger partial charge in [-0.2, -0.15) is 11.8 Å². The lowest BCUT2D eigenvalue weighted by Crippen LogP contribution is -2.15. The maximum absolute atomic E-state index is 5.91. The summed E-state index contributed by atoms with van der Waals surface area (Å²) < 4.78 is 0. The second-order valence-electron chi connectivity index (χ2n) is 4.81. The largest absolute Gasteiger partial charge is 0.389 e. The van der Waals surface area contributed by atoms with Crippen molar-refractivity contribution in [1.29, 1.82) is 0 Å². The molecule has 0 heterocycles. The Morgan fingerprint density at radius 3 is 2.67 bits per heavy atom. The summed E-state index contributed by atoms with van der Waals surface area (Å²) in [4.78, 5) is 1.66. The summed E-state index contributed by atoms with van der Waals surface area (Å²) in [7, 11) is 0. The van der Waals surface area contributed by atoms with Crippen LogP contribution in [0.3, 0.4) is 0 Å². The molecule has 1 rings (SSSR count). The second-order valence-corrected chi connectivity index (χ2v) is 7.54. The monoisotopic (exact) mass is 342 g/mol. The minimum absolute atomic E-state index is 0.481. The topological polar surface area (TPSA) is 38.0 Å². The molecule has 0 bridgehead atoms. The fourth-order valence-electron chi connectivity index (χ4n) is 2.16. The lowest BCUT2D eigenvalue weighted by molar-refractivity contribution is 0.689. The zero-order valence-corrected chi connectivity index (χ0v) is 15.4. The van der Waals surface area contributed by atoms with Crippen molar-refractivity contribution in [2.45, 2.75) is 37.5 Å². The SMILES string of the molecule is CCSc1cccc(NCCCCCCSC)c1C(N)=S. The Kier molecular flexibility index (Phi) is 9.96. The molecule has 21 heavy (non-hydrogen) atoms. The molecule has 0 spiro atoms. The van der Waals surface area contributed by atoms with E-state index in [0.29, 0.717) is 4.99 Å². The zero-order valence-electron chi connectivity index (χ0n) is 13.0. The van der Waals surface area contributed by atoms with Gasteiger partial charge in [0.2, 0.25) is 0 Å². The Morgan fingerprint density at radius 1 is 1.24 bits per heavy atom. The van der Waals surface area contributed by atoms with E-state index in [0.717, 1.165) is 23.5 Å². The van der Waals surface area contributed by atoms with Crippen LogP contribution in [0.2, 0.25) is 0 Å². The minimum atomic E-state index is 0.481. The normalized spacial score (nSPS) is 10.6. The smallest absolute Gasteiger partial charge is 0.107 e. The highest BCUT2D eigenvalue weighted by Crippen LogP contribution is 2.28. The molecule has 0 unspecified atom stereocenters. The third-order valence-electron chi connectivity index (χ3n) is 3.16. The Labute approximate surface area is 143 Å². The van der Waals surface area contributed by atoms with Crippen molar-refractivity contribution < 1.29 is 0 Å². The van der Waals surface area contributed by atoms with E-state index >= 15 is 0 Å². The molecule has 0 radical (unpaired) electrons.